The van der Waals surface area contributed by atoms with Gasteiger partial charge in [0.2, 0.25) is 11.8 Å². The number of hydrogen-bond donors (Lipinski definition) is 3. The maximum Gasteiger partial charge on any atom is 0.242 e. The van der Waals surface area contributed by atoms with Crippen molar-refractivity contribution in [3.05, 3.63) is 0 Å². The maximum absolute atomic E-state index is 12.3. The molecule has 0 aromatic carbocycles. The van der Waals surface area contributed by atoms with Crippen molar-refractivity contribution in [2.75, 3.05) is 20.1 Å². The van der Waals surface area contributed by atoms with Crippen LogP contribution in [0.25, 0.3) is 0 Å². The SMILES string of the molecule is CCC1(C(=O)NC(C)C(=O)NC)CCNCC1. The van der Waals surface area contributed by atoms with E-state index in [-0.39, 0.29) is 17.2 Å². The van der Waals surface area contributed by atoms with E-state index in [1.165, 1.54) is 0 Å². The van der Waals surface area contributed by atoms with Gasteiger partial charge < -0.3 is 16.0 Å². The second-order valence-electron chi connectivity index (χ2n) is 4.69. The van der Waals surface area contributed by atoms with Gasteiger partial charge in [0.05, 0.1) is 5.41 Å². The highest BCUT2D eigenvalue weighted by Gasteiger charge is 2.38. The minimum atomic E-state index is -0.467. The summed E-state index contributed by atoms with van der Waals surface area (Å²) in [6.07, 6.45) is 2.51. The zero-order valence-corrected chi connectivity index (χ0v) is 10.9. The van der Waals surface area contributed by atoms with E-state index in [1.807, 2.05) is 6.92 Å². The lowest BCUT2D eigenvalue weighted by atomic mass is 9.75. The molecule has 1 saturated heterocycles. The van der Waals surface area contributed by atoms with Crippen LogP contribution >= 0.6 is 0 Å². The third kappa shape index (κ3) is 3.19. The summed E-state index contributed by atoms with van der Waals surface area (Å²) in [5, 5.41) is 8.61. The molecule has 1 aliphatic rings. The number of hydrogen-bond acceptors (Lipinski definition) is 3. The van der Waals surface area contributed by atoms with Crippen LogP contribution in [0.2, 0.25) is 0 Å². The largest absolute Gasteiger partial charge is 0.357 e. The lowest BCUT2D eigenvalue weighted by Gasteiger charge is -2.36. The van der Waals surface area contributed by atoms with Crippen molar-refractivity contribution >= 4 is 11.8 Å². The number of amides is 2. The Bertz CT molecular complexity index is 285. The molecule has 3 N–H and O–H groups in total. The van der Waals surface area contributed by atoms with E-state index in [2.05, 4.69) is 16.0 Å². The van der Waals surface area contributed by atoms with Crippen molar-refractivity contribution in [3.63, 3.8) is 0 Å². The van der Waals surface area contributed by atoms with Crippen LogP contribution in [0.5, 0.6) is 0 Å². The smallest absolute Gasteiger partial charge is 0.242 e. The molecule has 1 unspecified atom stereocenters. The molecule has 1 heterocycles. The van der Waals surface area contributed by atoms with Gasteiger partial charge in [-0.3, -0.25) is 9.59 Å². The summed E-state index contributed by atoms with van der Waals surface area (Å²) in [7, 11) is 1.57. The average Bonchev–Trinajstić information content (AvgIpc) is 2.38. The number of rotatable bonds is 4. The molecule has 0 spiro atoms. The van der Waals surface area contributed by atoms with Crippen molar-refractivity contribution in [1.82, 2.24) is 16.0 Å². The molecule has 1 atom stereocenters. The van der Waals surface area contributed by atoms with Crippen LogP contribution in [-0.4, -0.2) is 38.0 Å². The first kappa shape index (κ1) is 14.0. The van der Waals surface area contributed by atoms with Gasteiger partial charge in [0.25, 0.3) is 0 Å². The van der Waals surface area contributed by atoms with E-state index < -0.39 is 6.04 Å². The third-order valence-electron chi connectivity index (χ3n) is 3.71. The molecule has 0 bridgehead atoms. The first-order chi connectivity index (χ1) is 8.05. The molecule has 1 rings (SSSR count). The zero-order chi connectivity index (χ0) is 12.9. The van der Waals surface area contributed by atoms with Gasteiger partial charge in [0, 0.05) is 7.05 Å². The molecule has 0 radical (unpaired) electrons. The van der Waals surface area contributed by atoms with E-state index in [0.29, 0.717) is 0 Å². The average molecular weight is 241 g/mol. The van der Waals surface area contributed by atoms with Gasteiger partial charge in [0.15, 0.2) is 0 Å². The Morgan fingerprint density at radius 2 is 1.94 bits per heavy atom. The van der Waals surface area contributed by atoms with Crippen LogP contribution < -0.4 is 16.0 Å². The lowest BCUT2D eigenvalue weighted by molar-refractivity contribution is -0.136. The first-order valence-electron chi connectivity index (χ1n) is 6.29. The Labute approximate surface area is 103 Å². The van der Waals surface area contributed by atoms with Crippen LogP contribution in [0.1, 0.15) is 33.1 Å². The summed E-state index contributed by atoms with van der Waals surface area (Å²) in [6.45, 7) is 5.49. The topological polar surface area (TPSA) is 70.2 Å². The van der Waals surface area contributed by atoms with Gasteiger partial charge in [-0.25, -0.2) is 0 Å². The number of likely N-dealkylation sites (N-methyl/N-ethyl adjacent to an activating group) is 1. The van der Waals surface area contributed by atoms with Crippen molar-refractivity contribution < 1.29 is 9.59 Å². The van der Waals surface area contributed by atoms with Crippen LogP contribution in [0.15, 0.2) is 0 Å². The number of carbonyl (C=O) groups is 2. The van der Waals surface area contributed by atoms with Crippen molar-refractivity contribution in [3.8, 4) is 0 Å². The highest BCUT2D eigenvalue weighted by Crippen LogP contribution is 2.32. The van der Waals surface area contributed by atoms with Crippen LogP contribution in [0, 0.1) is 5.41 Å². The van der Waals surface area contributed by atoms with Crippen molar-refractivity contribution in [2.24, 2.45) is 5.41 Å². The Morgan fingerprint density at radius 3 is 2.41 bits per heavy atom. The van der Waals surface area contributed by atoms with E-state index in [4.69, 9.17) is 0 Å². The summed E-state index contributed by atoms with van der Waals surface area (Å²) in [6, 6.07) is -0.467. The highest BCUT2D eigenvalue weighted by atomic mass is 16.2. The molecule has 0 aliphatic carbocycles. The van der Waals surface area contributed by atoms with Crippen molar-refractivity contribution in [2.45, 2.75) is 39.2 Å². The maximum atomic E-state index is 12.3. The summed E-state index contributed by atoms with van der Waals surface area (Å²) >= 11 is 0. The number of piperidine rings is 1. The second-order valence-corrected chi connectivity index (χ2v) is 4.69. The molecule has 0 saturated carbocycles. The summed E-state index contributed by atoms with van der Waals surface area (Å²) in [5.74, 6) is -0.142. The van der Waals surface area contributed by atoms with Crippen LogP contribution in [0.4, 0.5) is 0 Å². The normalized spacial score (nSPS) is 20.4. The molecule has 5 nitrogen and oxygen atoms in total. The number of nitrogens with one attached hydrogen (secondary N) is 3. The minimum Gasteiger partial charge on any atom is -0.357 e. The molecule has 1 aliphatic heterocycles. The Kier molecular flexibility index (Phi) is 4.93. The fourth-order valence-electron chi connectivity index (χ4n) is 2.28. The summed E-state index contributed by atoms with van der Waals surface area (Å²) in [5.41, 5.74) is -0.298. The standard InChI is InChI=1S/C12H23N3O2/c1-4-12(5-7-14-8-6-12)11(17)15-9(2)10(16)13-3/h9,14H,4-8H2,1-3H3,(H,13,16)(H,15,17). The highest BCUT2D eigenvalue weighted by molar-refractivity contribution is 5.89. The molecular formula is C12H23N3O2. The molecule has 1 fully saturated rings. The molecule has 98 valence electrons. The molecule has 5 heteroatoms. The Morgan fingerprint density at radius 1 is 1.35 bits per heavy atom. The third-order valence-corrected chi connectivity index (χ3v) is 3.71. The molecule has 0 aromatic rings. The predicted octanol–water partition coefficient (Wildman–Crippen LogP) is 0.0169. The first-order valence-corrected chi connectivity index (χ1v) is 6.29. The lowest BCUT2D eigenvalue weighted by Crippen LogP contribution is -2.52. The Balaban J connectivity index is 2.63. The van der Waals surface area contributed by atoms with Gasteiger partial charge in [-0.1, -0.05) is 6.92 Å². The van der Waals surface area contributed by atoms with E-state index in [9.17, 15) is 9.59 Å². The molecule has 2 amide bonds. The second kappa shape index (κ2) is 6.00. The van der Waals surface area contributed by atoms with E-state index in [0.717, 1.165) is 32.4 Å². The van der Waals surface area contributed by atoms with Gasteiger partial charge in [-0.2, -0.15) is 0 Å². The molecule has 17 heavy (non-hydrogen) atoms. The van der Waals surface area contributed by atoms with Gasteiger partial charge in [-0.15, -0.1) is 0 Å². The van der Waals surface area contributed by atoms with E-state index in [1.54, 1.807) is 14.0 Å². The molecule has 0 aromatic heterocycles. The fourth-order valence-corrected chi connectivity index (χ4v) is 2.28. The van der Waals surface area contributed by atoms with Crippen LogP contribution in [-0.2, 0) is 9.59 Å². The summed E-state index contributed by atoms with van der Waals surface area (Å²) < 4.78 is 0. The van der Waals surface area contributed by atoms with Crippen LogP contribution in [0.3, 0.4) is 0 Å². The van der Waals surface area contributed by atoms with Gasteiger partial charge >= 0.3 is 0 Å². The fraction of sp³-hybridized carbons (Fsp3) is 0.833. The van der Waals surface area contributed by atoms with Crippen molar-refractivity contribution in [1.29, 1.82) is 0 Å². The molecular weight excluding hydrogens is 218 g/mol. The predicted molar refractivity (Wildman–Crippen MR) is 66.5 cm³/mol. The summed E-state index contributed by atoms with van der Waals surface area (Å²) in [4.78, 5) is 23.6. The van der Waals surface area contributed by atoms with Gasteiger partial charge in [0.1, 0.15) is 6.04 Å². The number of carbonyl (C=O) groups excluding carboxylic acids is 2. The quantitative estimate of drug-likeness (QED) is 0.650. The van der Waals surface area contributed by atoms with E-state index >= 15 is 0 Å². The Hall–Kier alpha value is -1.10. The monoisotopic (exact) mass is 241 g/mol. The van der Waals surface area contributed by atoms with Gasteiger partial charge in [-0.05, 0) is 39.3 Å². The minimum absolute atomic E-state index is 0.0117. The zero-order valence-electron chi connectivity index (χ0n) is 10.9.